The van der Waals surface area contributed by atoms with E-state index in [0.29, 0.717) is 6.54 Å². The molecule has 5 heteroatoms. The first-order valence-electron chi connectivity index (χ1n) is 5.13. The molecule has 88 valence electrons. The molecule has 0 bridgehead atoms. The number of aryl methyl sites for hydroxylation is 1. The molecule has 0 saturated heterocycles. The van der Waals surface area contributed by atoms with Gasteiger partial charge < -0.3 is 5.32 Å². The van der Waals surface area contributed by atoms with Crippen molar-refractivity contribution in [3.8, 4) is 0 Å². The maximum Gasteiger partial charge on any atom is 0.131 e. The number of hydrogen-bond acceptors (Lipinski definition) is 3. The zero-order valence-electron chi connectivity index (χ0n) is 9.24. The highest BCUT2D eigenvalue weighted by molar-refractivity contribution is 9.10. The van der Waals surface area contributed by atoms with Gasteiger partial charge in [0.15, 0.2) is 0 Å². The molecule has 0 unspecified atom stereocenters. The van der Waals surface area contributed by atoms with Crippen molar-refractivity contribution in [2.45, 2.75) is 13.5 Å². The zero-order valence-corrected chi connectivity index (χ0v) is 11.6. The first-order valence-corrected chi connectivity index (χ1v) is 6.30. The molecule has 2 aromatic rings. The Morgan fingerprint density at radius 1 is 1.24 bits per heavy atom. The zero-order chi connectivity index (χ0) is 12.3. The SMILES string of the molecule is Cc1nc(Br)cc(NCc2ccc(Cl)cc2)n1. The van der Waals surface area contributed by atoms with E-state index in [0.717, 1.165) is 26.8 Å². The lowest BCUT2D eigenvalue weighted by atomic mass is 10.2. The van der Waals surface area contributed by atoms with Gasteiger partial charge in [-0.1, -0.05) is 23.7 Å². The van der Waals surface area contributed by atoms with Crippen LogP contribution in [-0.4, -0.2) is 9.97 Å². The molecule has 2 rings (SSSR count). The first-order chi connectivity index (χ1) is 8.13. The van der Waals surface area contributed by atoms with Gasteiger partial charge in [-0.2, -0.15) is 0 Å². The van der Waals surface area contributed by atoms with Crippen LogP contribution in [0.25, 0.3) is 0 Å². The van der Waals surface area contributed by atoms with Gasteiger partial charge in [-0.05, 0) is 40.5 Å². The molecule has 0 aliphatic rings. The Labute approximate surface area is 113 Å². The van der Waals surface area contributed by atoms with Crippen LogP contribution in [0.4, 0.5) is 5.82 Å². The fourth-order valence-corrected chi connectivity index (χ4v) is 2.02. The highest BCUT2D eigenvalue weighted by Crippen LogP contribution is 2.14. The summed E-state index contributed by atoms with van der Waals surface area (Å²) >= 11 is 9.16. The molecule has 1 N–H and O–H groups in total. The molecule has 0 amide bonds. The minimum Gasteiger partial charge on any atom is -0.366 e. The molecule has 3 nitrogen and oxygen atoms in total. The van der Waals surface area contributed by atoms with Crippen LogP contribution in [-0.2, 0) is 6.54 Å². The number of nitrogens with one attached hydrogen (secondary N) is 1. The lowest BCUT2D eigenvalue weighted by molar-refractivity contribution is 1.01. The summed E-state index contributed by atoms with van der Waals surface area (Å²) in [5, 5.41) is 3.98. The van der Waals surface area contributed by atoms with Crippen molar-refractivity contribution in [2.24, 2.45) is 0 Å². The van der Waals surface area contributed by atoms with Crippen LogP contribution in [0.2, 0.25) is 5.02 Å². The highest BCUT2D eigenvalue weighted by Gasteiger charge is 1.99. The van der Waals surface area contributed by atoms with Crippen LogP contribution in [0.5, 0.6) is 0 Å². The van der Waals surface area contributed by atoms with E-state index in [1.54, 1.807) is 0 Å². The summed E-state index contributed by atoms with van der Waals surface area (Å²) in [5.74, 6) is 1.54. The van der Waals surface area contributed by atoms with Gasteiger partial charge in [-0.25, -0.2) is 9.97 Å². The quantitative estimate of drug-likeness (QED) is 0.876. The van der Waals surface area contributed by atoms with Gasteiger partial charge in [0.25, 0.3) is 0 Å². The molecule has 1 aromatic carbocycles. The predicted molar refractivity (Wildman–Crippen MR) is 73.2 cm³/mol. The van der Waals surface area contributed by atoms with E-state index in [1.807, 2.05) is 37.3 Å². The van der Waals surface area contributed by atoms with Gasteiger partial charge in [-0.15, -0.1) is 0 Å². The van der Waals surface area contributed by atoms with Gasteiger partial charge in [-0.3, -0.25) is 0 Å². The topological polar surface area (TPSA) is 37.8 Å². The van der Waals surface area contributed by atoms with Crippen molar-refractivity contribution >= 4 is 33.3 Å². The maximum absolute atomic E-state index is 5.82. The number of hydrogen-bond donors (Lipinski definition) is 1. The molecule has 0 saturated carbocycles. The summed E-state index contributed by atoms with van der Waals surface area (Å²) in [7, 11) is 0. The molecule has 0 fully saturated rings. The standard InChI is InChI=1S/C12H11BrClN3/c1-8-16-11(13)6-12(17-8)15-7-9-2-4-10(14)5-3-9/h2-6H,7H2,1H3,(H,15,16,17). The summed E-state index contributed by atoms with van der Waals surface area (Å²) in [4.78, 5) is 8.44. The Morgan fingerprint density at radius 2 is 1.94 bits per heavy atom. The average Bonchev–Trinajstić information content (AvgIpc) is 2.27. The van der Waals surface area contributed by atoms with Crippen molar-refractivity contribution in [1.82, 2.24) is 9.97 Å². The van der Waals surface area contributed by atoms with Gasteiger partial charge >= 0.3 is 0 Å². The molecule has 0 aliphatic heterocycles. The van der Waals surface area contributed by atoms with Crippen molar-refractivity contribution < 1.29 is 0 Å². The molecule has 1 aromatic heterocycles. The van der Waals surface area contributed by atoms with Crippen molar-refractivity contribution in [3.05, 3.63) is 51.3 Å². The molecule has 0 atom stereocenters. The normalized spacial score (nSPS) is 10.3. The molecule has 0 spiro atoms. The Kier molecular flexibility index (Phi) is 3.97. The highest BCUT2D eigenvalue weighted by atomic mass is 79.9. The van der Waals surface area contributed by atoms with Crippen LogP contribution in [0, 0.1) is 6.92 Å². The van der Waals surface area contributed by atoms with Gasteiger partial charge in [0.1, 0.15) is 16.2 Å². The van der Waals surface area contributed by atoms with Crippen molar-refractivity contribution in [3.63, 3.8) is 0 Å². The molecular formula is C12H11BrClN3. The van der Waals surface area contributed by atoms with Crippen LogP contribution >= 0.6 is 27.5 Å². The van der Waals surface area contributed by atoms with E-state index in [-0.39, 0.29) is 0 Å². The third-order valence-electron chi connectivity index (χ3n) is 2.19. The lowest BCUT2D eigenvalue weighted by Gasteiger charge is -2.06. The predicted octanol–water partition coefficient (Wildman–Crippen LogP) is 3.81. The second-order valence-corrected chi connectivity index (χ2v) is 4.85. The molecule has 17 heavy (non-hydrogen) atoms. The van der Waals surface area contributed by atoms with Crippen LogP contribution in [0.15, 0.2) is 34.9 Å². The first kappa shape index (κ1) is 12.3. The minimum atomic E-state index is 0.708. The van der Waals surface area contributed by atoms with E-state index in [9.17, 15) is 0 Å². The summed E-state index contributed by atoms with van der Waals surface area (Å²) in [6, 6.07) is 9.57. The monoisotopic (exact) mass is 311 g/mol. The summed E-state index contributed by atoms with van der Waals surface area (Å²) < 4.78 is 0.781. The molecular weight excluding hydrogens is 302 g/mol. The van der Waals surface area contributed by atoms with Crippen molar-refractivity contribution in [2.75, 3.05) is 5.32 Å². The van der Waals surface area contributed by atoms with Gasteiger partial charge in [0.2, 0.25) is 0 Å². The Morgan fingerprint density at radius 3 is 2.59 bits per heavy atom. The van der Waals surface area contributed by atoms with E-state index < -0.39 is 0 Å². The Hall–Kier alpha value is -1.13. The maximum atomic E-state index is 5.82. The van der Waals surface area contributed by atoms with E-state index >= 15 is 0 Å². The Balaban J connectivity index is 2.04. The largest absolute Gasteiger partial charge is 0.366 e. The number of halogens is 2. The fourth-order valence-electron chi connectivity index (χ4n) is 1.42. The van der Waals surface area contributed by atoms with Crippen LogP contribution in [0.3, 0.4) is 0 Å². The Bertz CT molecular complexity index is 493. The summed E-state index contributed by atoms with van der Waals surface area (Å²) in [6.45, 7) is 2.57. The van der Waals surface area contributed by atoms with E-state index in [4.69, 9.17) is 11.6 Å². The smallest absolute Gasteiger partial charge is 0.131 e. The van der Waals surface area contributed by atoms with Crippen LogP contribution < -0.4 is 5.32 Å². The number of rotatable bonds is 3. The third kappa shape index (κ3) is 3.68. The summed E-state index contributed by atoms with van der Waals surface area (Å²) in [5.41, 5.74) is 1.15. The number of nitrogens with zero attached hydrogens (tertiary/aromatic N) is 2. The van der Waals surface area contributed by atoms with Crippen molar-refractivity contribution in [1.29, 1.82) is 0 Å². The molecule has 0 radical (unpaired) electrons. The van der Waals surface area contributed by atoms with Gasteiger partial charge in [0, 0.05) is 17.6 Å². The van der Waals surface area contributed by atoms with E-state index in [1.165, 1.54) is 0 Å². The lowest BCUT2D eigenvalue weighted by Crippen LogP contribution is -2.03. The second-order valence-electron chi connectivity index (χ2n) is 3.60. The average molecular weight is 313 g/mol. The second kappa shape index (κ2) is 5.47. The molecule has 1 heterocycles. The number of aromatic nitrogens is 2. The third-order valence-corrected chi connectivity index (χ3v) is 2.85. The van der Waals surface area contributed by atoms with Gasteiger partial charge in [0.05, 0.1) is 0 Å². The minimum absolute atomic E-state index is 0.708. The summed E-state index contributed by atoms with van der Waals surface area (Å²) in [6.07, 6.45) is 0. The number of benzene rings is 1. The van der Waals surface area contributed by atoms with Crippen LogP contribution in [0.1, 0.15) is 11.4 Å². The fraction of sp³-hybridized carbons (Fsp3) is 0.167. The van der Waals surface area contributed by atoms with E-state index in [2.05, 4.69) is 31.2 Å². The number of anilines is 1. The molecule has 0 aliphatic carbocycles.